The van der Waals surface area contributed by atoms with Gasteiger partial charge in [0.05, 0.1) is 5.69 Å². The van der Waals surface area contributed by atoms with E-state index in [1.165, 1.54) is 5.56 Å². The molecule has 0 aromatic carbocycles. The molecular weight excluding hydrogens is 242 g/mol. The van der Waals surface area contributed by atoms with Gasteiger partial charge in [-0.25, -0.2) is 0 Å². The molecule has 19 heavy (non-hydrogen) atoms. The Hall–Kier alpha value is -1.36. The van der Waals surface area contributed by atoms with Crippen molar-refractivity contribution in [3.8, 4) is 0 Å². The Balaban J connectivity index is 1.94. The summed E-state index contributed by atoms with van der Waals surface area (Å²) in [5, 5.41) is 13.2. The second-order valence-corrected chi connectivity index (χ2v) is 5.60. The zero-order valence-corrected chi connectivity index (χ0v) is 12.0. The molecule has 2 heterocycles. The van der Waals surface area contributed by atoms with Crippen LogP contribution in [-0.2, 0) is 11.8 Å². The number of carboxylic acids is 1. The van der Waals surface area contributed by atoms with Gasteiger partial charge in [-0.1, -0.05) is 0 Å². The third kappa shape index (κ3) is 3.35. The van der Waals surface area contributed by atoms with Crippen molar-refractivity contribution in [2.75, 3.05) is 13.1 Å². The van der Waals surface area contributed by atoms with E-state index in [0.717, 1.165) is 31.6 Å². The SMILES string of the molecule is Cc1nn(C)cc1C(C)N1CCC(CC(=O)O)CC1. The minimum absolute atomic E-state index is 0.314. The Kier molecular flexibility index (Phi) is 4.24. The Morgan fingerprint density at radius 1 is 1.53 bits per heavy atom. The number of hydrogen-bond acceptors (Lipinski definition) is 3. The molecule has 1 N–H and O–H groups in total. The molecule has 1 unspecified atom stereocenters. The van der Waals surface area contributed by atoms with E-state index in [-0.39, 0.29) is 0 Å². The molecule has 1 aromatic rings. The van der Waals surface area contributed by atoms with Crippen molar-refractivity contribution in [2.45, 2.75) is 39.2 Å². The summed E-state index contributed by atoms with van der Waals surface area (Å²) in [6.07, 6.45) is 4.36. The highest BCUT2D eigenvalue weighted by Crippen LogP contribution is 2.29. The van der Waals surface area contributed by atoms with E-state index in [4.69, 9.17) is 5.11 Å². The van der Waals surface area contributed by atoms with Crippen molar-refractivity contribution < 1.29 is 9.90 Å². The average molecular weight is 265 g/mol. The summed E-state index contributed by atoms with van der Waals surface area (Å²) >= 11 is 0. The lowest BCUT2D eigenvalue weighted by Crippen LogP contribution is -2.36. The van der Waals surface area contributed by atoms with Gasteiger partial charge in [0, 0.05) is 31.3 Å². The molecule has 1 aromatic heterocycles. The van der Waals surface area contributed by atoms with Crippen LogP contribution in [0.15, 0.2) is 6.20 Å². The molecule has 0 aliphatic carbocycles. The third-order valence-corrected chi connectivity index (χ3v) is 4.16. The van der Waals surface area contributed by atoms with Gasteiger partial charge in [-0.3, -0.25) is 14.4 Å². The van der Waals surface area contributed by atoms with Gasteiger partial charge in [0.25, 0.3) is 0 Å². The molecule has 1 saturated heterocycles. The van der Waals surface area contributed by atoms with Crippen LogP contribution in [0.1, 0.15) is 43.5 Å². The van der Waals surface area contributed by atoms with Crippen LogP contribution in [-0.4, -0.2) is 38.8 Å². The number of aliphatic carboxylic acids is 1. The lowest BCUT2D eigenvalue weighted by Gasteiger charge is -2.35. The van der Waals surface area contributed by atoms with Crippen molar-refractivity contribution in [1.82, 2.24) is 14.7 Å². The molecule has 1 fully saturated rings. The number of carbonyl (C=O) groups is 1. The predicted octanol–water partition coefficient (Wildman–Crippen LogP) is 1.98. The number of carboxylic acid groups (broad SMARTS) is 1. The fourth-order valence-corrected chi connectivity index (χ4v) is 3.02. The lowest BCUT2D eigenvalue weighted by atomic mass is 9.92. The van der Waals surface area contributed by atoms with Gasteiger partial charge in [-0.15, -0.1) is 0 Å². The smallest absolute Gasteiger partial charge is 0.303 e. The predicted molar refractivity (Wildman–Crippen MR) is 72.9 cm³/mol. The van der Waals surface area contributed by atoms with Crippen molar-refractivity contribution in [1.29, 1.82) is 0 Å². The highest BCUT2D eigenvalue weighted by atomic mass is 16.4. The van der Waals surface area contributed by atoms with Gasteiger partial charge in [0.1, 0.15) is 0 Å². The van der Waals surface area contributed by atoms with E-state index in [0.29, 0.717) is 18.4 Å². The van der Waals surface area contributed by atoms with Gasteiger partial charge in [0.15, 0.2) is 0 Å². The molecule has 106 valence electrons. The number of aromatic nitrogens is 2. The Bertz CT molecular complexity index is 448. The fourth-order valence-electron chi connectivity index (χ4n) is 3.02. The molecule has 1 aliphatic rings. The number of piperidine rings is 1. The Morgan fingerprint density at radius 2 is 2.16 bits per heavy atom. The van der Waals surface area contributed by atoms with E-state index in [9.17, 15) is 4.79 Å². The molecule has 0 radical (unpaired) electrons. The maximum Gasteiger partial charge on any atom is 0.303 e. The second kappa shape index (κ2) is 5.74. The van der Waals surface area contributed by atoms with Crippen LogP contribution >= 0.6 is 0 Å². The Morgan fingerprint density at radius 3 is 2.63 bits per heavy atom. The first-order valence-electron chi connectivity index (χ1n) is 6.93. The van der Waals surface area contributed by atoms with Gasteiger partial charge < -0.3 is 5.11 Å². The van der Waals surface area contributed by atoms with Crippen molar-refractivity contribution >= 4 is 5.97 Å². The van der Waals surface area contributed by atoms with E-state index in [2.05, 4.69) is 23.1 Å². The maximum atomic E-state index is 10.7. The summed E-state index contributed by atoms with van der Waals surface area (Å²) in [5.74, 6) is -0.328. The van der Waals surface area contributed by atoms with E-state index in [1.54, 1.807) is 0 Å². The van der Waals surface area contributed by atoms with Crippen molar-refractivity contribution in [3.63, 3.8) is 0 Å². The molecule has 0 saturated carbocycles. The quantitative estimate of drug-likeness (QED) is 0.904. The van der Waals surface area contributed by atoms with Crippen molar-refractivity contribution in [3.05, 3.63) is 17.5 Å². The summed E-state index contributed by atoms with van der Waals surface area (Å²) in [5.41, 5.74) is 2.36. The highest BCUT2D eigenvalue weighted by Gasteiger charge is 2.26. The number of rotatable bonds is 4. The molecule has 5 nitrogen and oxygen atoms in total. The van der Waals surface area contributed by atoms with Crippen molar-refractivity contribution in [2.24, 2.45) is 13.0 Å². The molecule has 0 amide bonds. The first-order chi connectivity index (χ1) is 8.97. The molecular formula is C14H23N3O2. The van der Waals surface area contributed by atoms with E-state index >= 15 is 0 Å². The van der Waals surface area contributed by atoms with Crippen LogP contribution in [0.4, 0.5) is 0 Å². The third-order valence-electron chi connectivity index (χ3n) is 4.16. The molecule has 1 atom stereocenters. The average Bonchev–Trinajstić information content (AvgIpc) is 2.68. The summed E-state index contributed by atoms with van der Waals surface area (Å²) in [4.78, 5) is 13.2. The molecule has 5 heteroatoms. The summed E-state index contributed by atoms with van der Waals surface area (Å²) in [6, 6.07) is 0.361. The monoisotopic (exact) mass is 265 g/mol. The number of aryl methyl sites for hydroxylation is 2. The summed E-state index contributed by atoms with van der Waals surface area (Å²) in [7, 11) is 1.95. The van der Waals surface area contributed by atoms with Gasteiger partial charge in [0.2, 0.25) is 0 Å². The van der Waals surface area contributed by atoms with Crippen LogP contribution in [0.3, 0.4) is 0 Å². The topological polar surface area (TPSA) is 58.4 Å². The van der Waals surface area contributed by atoms with Crippen LogP contribution in [0.2, 0.25) is 0 Å². The van der Waals surface area contributed by atoms with Crippen LogP contribution < -0.4 is 0 Å². The zero-order chi connectivity index (χ0) is 14.0. The van der Waals surface area contributed by atoms with Gasteiger partial charge in [-0.2, -0.15) is 5.10 Å². The molecule has 0 bridgehead atoms. The Labute approximate surface area is 114 Å². The zero-order valence-electron chi connectivity index (χ0n) is 12.0. The second-order valence-electron chi connectivity index (χ2n) is 5.60. The molecule has 1 aliphatic heterocycles. The molecule has 2 rings (SSSR count). The first-order valence-corrected chi connectivity index (χ1v) is 6.93. The normalized spacial score (nSPS) is 19.5. The van der Waals surface area contributed by atoms with Crippen LogP contribution in [0.5, 0.6) is 0 Å². The van der Waals surface area contributed by atoms with Gasteiger partial charge >= 0.3 is 5.97 Å². The van der Waals surface area contributed by atoms with E-state index in [1.807, 2.05) is 18.7 Å². The standard InChI is InChI=1S/C14H23N3O2/c1-10-13(9-16(3)15-10)11(2)17-6-4-12(5-7-17)8-14(18)19/h9,11-12H,4-8H2,1-3H3,(H,18,19). The van der Waals surface area contributed by atoms with Crippen LogP contribution in [0, 0.1) is 12.8 Å². The minimum atomic E-state index is -0.672. The maximum absolute atomic E-state index is 10.7. The first kappa shape index (κ1) is 14.1. The number of nitrogens with zero attached hydrogens (tertiary/aromatic N) is 3. The number of hydrogen-bond donors (Lipinski definition) is 1. The molecule has 0 spiro atoms. The summed E-state index contributed by atoms with van der Waals surface area (Å²) < 4.78 is 1.86. The fraction of sp³-hybridized carbons (Fsp3) is 0.714. The van der Waals surface area contributed by atoms with Crippen LogP contribution in [0.25, 0.3) is 0 Å². The largest absolute Gasteiger partial charge is 0.481 e. The van der Waals surface area contributed by atoms with E-state index < -0.39 is 5.97 Å². The summed E-state index contributed by atoms with van der Waals surface area (Å²) in [6.45, 7) is 6.21. The van der Waals surface area contributed by atoms with Gasteiger partial charge in [-0.05, 0) is 45.7 Å². The number of likely N-dealkylation sites (tertiary alicyclic amines) is 1. The lowest BCUT2D eigenvalue weighted by molar-refractivity contribution is -0.138. The minimum Gasteiger partial charge on any atom is -0.481 e. The highest BCUT2D eigenvalue weighted by molar-refractivity contribution is 5.67.